The number of carbonyl (C=O) groups excluding carboxylic acids is 3. The van der Waals surface area contributed by atoms with E-state index in [1.807, 2.05) is 18.2 Å². The molecule has 0 unspecified atom stereocenters. The third-order valence-electron chi connectivity index (χ3n) is 4.02. The summed E-state index contributed by atoms with van der Waals surface area (Å²) in [6.07, 6.45) is 0.0936. The van der Waals surface area contributed by atoms with Crippen LogP contribution >= 0.6 is 0 Å². The van der Waals surface area contributed by atoms with Crippen LogP contribution in [0.5, 0.6) is 0 Å². The summed E-state index contributed by atoms with van der Waals surface area (Å²) >= 11 is 0. The Kier molecular flexibility index (Phi) is 7.16. The first-order valence-corrected chi connectivity index (χ1v) is 8.88. The van der Waals surface area contributed by atoms with Crippen molar-refractivity contribution < 1.29 is 23.9 Å². The number of rotatable bonds is 8. The van der Waals surface area contributed by atoms with Crippen molar-refractivity contribution in [2.75, 3.05) is 18.9 Å². The standard InChI is InChI=1S/C20H24N2O5/c1-3-26-18(23)12-11-17(20(25)27-4-2)22-19(24)15-9-10-16(21)14-8-6-5-7-13(14)15/h5-10,17H,3-4,11-12,21H2,1-2H3,(H,22,24)/t17-/m0/s1. The smallest absolute Gasteiger partial charge is 0.328 e. The molecular formula is C20H24N2O5. The molecule has 0 radical (unpaired) electrons. The van der Waals surface area contributed by atoms with E-state index in [-0.39, 0.29) is 26.1 Å². The average Bonchev–Trinajstić information content (AvgIpc) is 2.65. The van der Waals surface area contributed by atoms with Crippen LogP contribution in [0.3, 0.4) is 0 Å². The fourth-order valence-electron chi connectivity index (χ4n) is 2.74. The second-order valence-corrected chi connectivity index (χ2v) is 5.87. The van der Waals surface area contributed by atoms with Crippen LogP contribution in [-0.4, -0.2) is 37.1 Å². The number of fused-ring (bicyclic) bond motifs is 1. The molecule has 0 bridgehead atoms. The van der Waals surface area contributed by atoms with Crippen LogP contribution in [0.1, 0.15) is 37.0 Å². The van der Waals surface area contributed by atoms with Crippen LogP contribution in [0.2, 0.25) is 0 Å². The second-order valence-electron chi connectivity index (χ2n) is 5.87. The van der Waals surface area contributed by atoms with Crippen LogP contribution in [0, 0.1) is 0 Å². The van der Waals surface area contributed by atoms with Crippen molar-refractivity contribution in [3.8, 4) is 0 Å². The molecule has 7 heteroatoms. The lowest BCUT2D eigenvalue weighted by Crippen LogP contribution is -2.42. The first-order chi connectivity index (χ1) is 13.0. The van der Waals surface area contributed by atoms with Gasteiger partial charge in [-0.1, -0.05) is 24.3 Å². The van der Waals surface area contributed by atoms with Gasteiger partial charge in [-0.05, 0) is 37.8 Å². The molecule has 144 valence electrons. The SMILES string of the molecule is CCOC(=O)CC[C@H](NC(=O)c1ccc(N)c2ccccc12)C(=O)OCC. The Hall–Kier alpha value is -3.09. The summed E-state index contributed by atoms with van der Waals surface area (Å²) < 4.78 is 9.89. The fourth-order valence-corrected chi connectivity index (χ4v) is 2.74. The van der Waals surface area contributed by atoms with Gasteiger partial charge in [0.05, 0.1) is 13.2 Å². The molecule has 0 saturated carbocycles. The van der Waals surface area contributed by atoms with E-state index in [1.165, 1.54) is 0 Å². The maximum atomic E-state index is 12.8. The Morgan fingerprint density at radius 1 is 1.00 bits per heavy atom. The molecule has 0 spiro atoms. The molecule has 2 aromatic rings. The molecule has 1 atom stereocenters. The Balaban J connectivity index is 2.21. The Bertz CT molecular complexity index is 834. The number of nitrogens with two attached hydrogens (primary N) is 1. The van der Waals surface area contributed by atoms with Crippen LogP contribution in [0.15, 0.2) is 36.4 Å². The zero-order valence-corrected chi connectivity index (χ0v) is 15.5. The summed E-state index contributed by atoms with van der Waals surface area (Å²) in [6.45, 7) is 3.81. The lowest BCUT2D eigenvalue weighted by atomic mass is 10.0. The minimum Gasteiger partial charge on any atom is -0.466 e. The molecule has 1 amide bonds. The molecule has 0 heterocycles. The third-order valence-corrected chi connectivity index (χ3v) is 4.02. The van der Waals surface area contributed by atoms with Crippen molar-refractivity contribution >= 4 is 34.3 Å². The van der Waals surface area contributed by atoms with Gasteiger partial charge in [0.1, 0.15) is 6.04 Å². The van der Waals surface area contributed by atoms with Crippen molar-refractivity contribution in [1.29, 1.82) is 0 Å². The van der Waals surface area contributed by atoms with Gasteiger partial charge in [-0.2, -0.15) is 0 Å². The summed E-state index contributed by atoms with van der Waals surface area (Å²) in [4.78, 5) is 36.6. The Morgan fingerprint density at radius 3 is 2.33 bits per heavy atom. The molecule has 2 rings (SSSR count). The molecule has 0 aliphatic heterocycles. The van der Waals surface area contributed by atoms with Crippen LogP contribution in [0.25, 0.3) is 10.8 Å². The highest BCUT2D eigenvalue weighted by atomic mass is 16.5. The lowest BCUT2D eigenvalue weighted by molar-refractivity contribution is -0.146. The summed E-state index contributed by atoms with van der Waals surface area (Å²) in [5.41, 5.74) is 6.92. The van der Waals surface area contributed by atoms with E-state index in [4.69, 9.17) is 15.2 Å². The molecular weight excluding hydrogens is 348 g/mol. The monoisotopic (exact) mass is 372 g/mol. The van der Waals surface area contributed by atoms with Crippen molar-refractivity contribution in [2.45, 2.75) is 32.7 Å². The highest BCUT2D eigenvalue weighted by molar-refractivity contribution is 6.10. The highest BCUT2D eigenvalue weighted by Crippen LogP contribution is 2.24. The number of carbonyl (C=O) groups is 3. The molecule has 27 heavy (non-hydrogen) atoms. The minimum absolute atomic E-state index is 0.0000858. The molecule has 0 aliphatic rings. The van der Waals surface area contributed by atoms with E-state index in [1.54, 1.807) is 32.0 Å². The largest absolute Gasteiger partial charge is 0.466 e. The fraction of sp³-hybridized carbons (Fsp3) is 0.350. The number of hydrogen-bond acceptors (Lipinski definition) is 6. The van der Waals surface area contributed by atoms with Gasteiger partial charge in [0.2, 0.25) is 0 Å². The average molecular weight is 372 g/mol. The van der Waals surface area contributed by atoms with Gasteiger partial charge in [-0.3, -0.25) is 9.59 Å². The quantitative estimate of drug-likeness (QED) is 0.544. The highest BCUT2D eigenvalue weighted by Gasteiger charge is 2.24. The number of hydrogen-bond donors (Lipinski definition) is 2. The normalized spacial score (nSPS) is 11.6. The molecule has 0 aliphatic carbocycles. The molecule has 0 aromatic heterocycles. The van der Waals surface area contributed by atoms with E-state index in [0.717, 1.165) is 5.39 Å². The second kappa shape index (κ2) is 9.56. The third kappa shape index (κ3) is 5.20. The number of esters is 2. The number of benzene rings is 2. The summed E-state index contributed by atoms with van der Waals surface area (Å²) in [5.74, 6) is -1.46. The maximum absolute atomic E-state index is 12.8. The van der Waals surface area contributed by atoms with Crippen LogP contribution < -0.4 is 11.1 Å². The lowest BCUT2D eigenvalue weighted by Gasteiger charge is -2.18. The molecule has 7 nitrogen and oxygen atoms in total. The zero-order chi connectivity index (χ0) is 19.8. The van der Waals surface area contributed by atoms with Crippen molar-refractivity contribution in [3.63, 3.8) is 0 Å². The molecule has 0 saturated heterocycles. The predicted molar refractivity (Wildman–Crippen MR) is 102 cm³/mol. The molecule has 2 aromatic carbocycles. The predicted octanol–water partition coefficient (Wildman–Crippen LogP) is 2.43. The number of anilines is 1. The van der Waals surface area contributed by atoms with Gasteiger partial charge in [0.25, 0.3) is 5.91 Å². The van der Waals surface area contributed by atoms with Gasteiger partial charge in [-0.25, -0.2) is 4.79 Å². The van der Waals surface area contributed by atoms with E-state index < -0.39 is 23.9 Å². The summed E-state index contributed by atoms with van der Waals surface area (Å²) in [7, 11) is 0. The molecule has 0 fully saturated rings. The summed E-state index contributed by atoms with van der Waals surface area (Å²) in [5, 5.41) is 4.10. The minimum atomic E-state index is -0.946. The van der Waals surface area contributed by atoms with Crippen molar-refractivity contribution in [3.05, 3.63) is 42.0 Å². The van der Waals surface area contributed by atoms with E-state index in [0.29, 0.717) is 16.6 Å². The number of nitrogens with one attached hydrogen (secondary N) is 1. The van der Waals surface area contributed by atoms with Gasteiger partial charge >= 0.3 is 11.9 Å². The van der Waals surface area contributed by atoms with Gasteiger partial charge in [0.15, 0.2) is 0 Å². The van der Waals surface area contributed by atoms with E-state index in [2.05, 4.69) is 5.32 Å². The van der Waals surface area contributed by atoms with Crippen molar-refractivity contribution in [2.24, 2.45) is 0 Å². The van der Waals surface area contributed by atoms with Gasteiger partial charge < -0.3 is 20.5 Å². The first kappa shape index (κ1) is 20.2. The van der Waals surface area contributed by atoms with Gasteiger partial charge in [0, 0.05) is 23.1 Å². The maximum Gasteiger partial charge on any atom is 0.328 e. The number of ether oxygens (including phenoxy) is 2. The zero-order valence-electron chi connectivity index (χ0n) is 15.5. The topological polar surface area (TPSA) is 108 Å². The number of amides is 1. The van der Waals surface area contributed by atoms with E-state index >= 15 is 0 Å². The van der Waals surface area contributed by atoms with E-state index in [9.17, 15) is 14.4 Å². The van der Waals surface area contributed by atoms with Crippen molar-refractivity contribution in [1.82, 2.24) is 5.32 Å². The number of nitrogen functional groups attached to an aromatic ring is 1. The van der Waals surface area contributed by atoms with Crippen LogP contribution in [0.4, 0.5) is 5.69 Å². The Morgan fingerprint density at radius 2 is 1.67 bits per heavy atom. The summed E-state index contributed by atoms with van der Waals surface area (Å²) in [6, 6.07) is 9.57. The van der Waals surface area contributed by atoms with Gasteiger partial charge in [-0.15, -0.1) is 0 Å². The molecule has 3 N–H and O–H groups in total. The first-order valence-electron chi connectivity index (χ1n) is 8.88. The Labute approximate surface area is 157 Å². The van der Waals surface area contributed by atoms with Crippen LogP contribution in [-0.2, 0) is 19.1 Å².